The van der Waals surface area contributed by atoms with E-state index < -0.39 is 0 Å². The minimum atomic E-state index is 0.131. The summed E-state index contributed by atoms with van der Waals surface area (Å²) in [5.41, 5.74) is 1.62. The number of methoxy groups -OCH3 is 1. The molecule has 1 atom stereocenters. The molecule has 2 N–H and O–H groups in total. The van der Waals surface area contributed by atoms with Crippen molar-refractivity contribution in [1.82, 2.24) is 10.3 Å². The van der Waals surface area contributed by atoms with Crippen LogP contribution in [0.5, 0.6) is 0 Å². The fourth-order valence-corrected chi connectivity index (χ4v) is 2.44. The molecule has 6 heteroatoms. The molecule has 2 aromatic rings. The number of benzene rings is 1. The summed E-state index contributed by atoms with van der Waals surface area (Å²) in [7, 11) is 1.66. The molecule has 0 bridgehead atoms. The highest BCUT2D eigenvalue weighted by Gasteiger charge is 2.08. The molecule has 0 aliphatic carbocycles. The summed E-state index contributed by atoms with van der Waals surface area (Å²) in [6.45, 7) is 2.58. The number of thiocarbonyl (C=S) groups is 1. The number of hydrogen-bond acceptors (Lipinski definition) is 3. The molecular formula is C14H16ClN3OS. The highest BCUT2D eigenvalue weighted by Crippen LogP contribution is 2.27. The molecule has 0 amide bonds. The predicted octanol–water partition coefficient (Wildman–Crippen LogP) is 3.21. The second-order valence-electron chi connectivity index (χ2n) is 4.45. The number of aromatic nitrogens is 1. The van der Waals surface area contributed by atoms with Gasteiger partial charge >= 0.3 is 0 Å². The van der Waals surface area contributed by atoms with Crippen LogP contribution >= 0.6 is 23.8 Å². The van der Waals surface area contributed by atoms with E-state index in [2.05, 4.69) is 15.6 Å². The van der Waals surface area contributed by atoms with Crippen molar-refractivity contribution in [2.75, 3.05) is 19.0 Å². The first-order chi connectivity index (χ1) is 9.61. The number of halogens is 1. The molecule has 0 aliphatic rings. The van der Waals surface area contributed by atoms with Crippen LogP contribution in [0.2, 0.25) is 5.02 Å². The molecule has 4 nitrogen and oxygen atoms in total. The minimum Gasteiger partial charge on any atom is -0.383 e. The van der Waals surface area contributed by atoms with E-state index >= 15 is 0 Å². The van der Waals surface area contributed by atoms with Gasteiger partial charge in [0.1, 0.15) is 0 Å². The first-order valence-electron chi connectivity index (χ1n) is 6.21. The summed E-state index contributed by atoms with van der Waals surface area (Å²) in [6.07, 6.45) is 1.73. The maximum Gasteiger partial charge on any atom is 0.171 e. The number of anilines is 1. The minimum absolute atomic E-state index is 0.131. The van der Waals surface area contributed by atoms with Gasteiger partial charge < -0.3 is 15.4 Å². The quantitative estimate of drug-likeness (QED) is 0.849. The molecule has 2 rings (SSSR count). The fourth-order valence-electron chi connectivity index (χ4n) is 1.91. The van der Waals surface area contributed by atoms with Crippen LogP contribution in [-0.2, 0) is 4.74 Å². The van der Waals surface area contributed by atoms with Crippen LogP contribution in [0.25, 0.3) is 10.9 Å². The van der Waals surface area contributed by atoms with Crippen molar-refractivity contribution in [3.8, 4) is 0 Å². The number of pyridine rings is 1. The second kappa shape index (κ2) is 6.83. The van der Waals surface area contributed by atoms with E-state index in [1.54, 1.807) is 13.3 Å². The van der Waals surface area contributed by atoms with Gasteiger partial charge in [-0.1, -0.05) is 11.6 Å². The Morgan fingerprint density at radius 3 is 3.00 bits per heavy atom. The normalized spacial score (nSPS) is 12.2. The van der Waals surface area contributed by atoms with E-state index in [-0.39, 0.29) is 6.04 Å². The lowest BCUT2D eigenvalue weighted by atomic mass is 10.2. The Hall–Kier alpha value is -1.43. The molecule has 1 aromatic heterocycles. The third kappa shape index (κ3) is 3.56. The van der Waals surface area contributed by atoms with Crippen LogP contribution in [-0.4, -0.2) is 29.9 Å². The van der Waals surface area contributed by atoms with Crippen molar-refractivity contribution >= 4 is 45.5 Å². The maximum absolute atomic E-state index is 6.16. The number of ether oxygens (including phenoxy) is 1. The summed E-state index contributed by atoms with van der Waals surface area (Å²) in [5, 5.41) is 8.39. The van der Waals surface area contributed by atoms with Gasteiger partial charge in [-0.3, -0.25) is 4.98 Å². The van der Waals surface area contributed by atoms with Gasteiger partial charge in [-0.2, -0.15) is 0 Å². The first-order valence-corrected chi connectivity index (χ1v) is 7.00. The summed E-state index contributed by atoms with van der Waals surface area (Å²) in [4.78, 5) is 4.35. The fraction of sp³-hybridized carbons (Fsp3) is 0.286. The molecule has 1 heterocycles. The molecule has 0 aliphatic heterocycles. The van der Waals surface area contributed by atoms with Crippen LogP contribution in [0.1, 0.15) is 6.92 Å². The third-order valence-electron chi connectivity index (χ3n) is 2.76. The van der Waals surface area contributed by atoms with Gasteiger partial charge in [-0.15, -0.1) is 0 Å². The zero-order valence-electron chi connectivity index (χ0n) is 11.3. The van der Waals surface area contributed by atoms with Crippen molar-refractivity contribution < 1.29 is 4.74 Å². The summed E-state index contributed by atoms with van der Waals surface area (Å²) >= 11 is 11.4. The Kier molecular flexibility index (Phi) is 5.11. The highest BCUT2D eigenvalue weighted by atomic mass is 35.5. The van der Waals surface area contributed by atoms with Gasteiger partial charge in [0, 0.05) is 24.7 Å². The number of nitrogens with zero attached hydrogens (tertiary/aromatic N) is 1. The van der Waals surface area contributed by atoms with Crippen LogP contribution in [0.4, 0.5) is 5.69 Å². The molecule has 0 radical (unpaired) electrons. The molecule has 0 fully saturated rings. The molecule has 106 valence electrons. The Bertz CT molecular complexity index is 620. The SMILES string of the molecule is COCC(C)NC(=S)Nc1ccc(Cl)c2cccnc12. The van der Waals surface area contributed by atoms with Crippen LogP contribution < -0.4 is 10.6 Å². The molecule has 0 saturated carbocycles. The van der Waals surface area contributed by atoms with Gasteiger partial charge in [0.15, 0.2) is 5.11 Å². The van der Waals surface area contributed by atoms with Gasteiger partial charge in [0.2, 0.25) is 0 Å². The Morgan fingerprint density at radius 2 is 2.25 bits per heavy atom. The van der Waals surface area contributed by atoms with Crippen LogP contribution in [0, 0.1) is 0 Å². The van der Waals surface area contributed by atoms with Gasteiger partial charge in [-0.05, 0) is 43.4 Å². The standard InChI is InChI=1S/C14H16ClN3OS/c1-9(8-19-2)17-14(20)18-12-6-5-11(15)10-4-3-7-16-13(10)12/h3-7,9H,8H2,1-2H3,(H2,17,18,20). The molecule has 0 saturated heterocycles. The van der Waals surface area contributed by atoms with Crippen molar-refractivity contribution in [3.63, 3.8) is 0 Å². The van der Waals surface area contributed by atoms with E-state index in [9.17, 15) is 0 Å². The lowest BCUT2D eigenvalue weighted by Gasteiger charge is -2.17. The van der Waals surface area contributed by atoms with Crippen molar-refractivity contribution in [2.24, 2.45) is 0 Å². The van der Waals surface area contributed by atoms with Crippen molar-refractivity contribution in [1.29, 1.82) is 0 Å². The zero-order valence-corrected chi connectivity index (χ0v) is 12.9. The summed E-state index contributed by atoms with van der Waals surface area (Å²) in [5.74, 6) is 0. The first kappa shape index (κ1) is 15.0. The van der Waals surface area contributed by atoms with Crippen LogP contribution in [0.3, 0.4) is 0 Å². The van der Waals surface area contributed by atoms with Crippen molar-refractivity contribution in [3.05, 3.63) is 35.5 Å². The summed E-state index contributed by atoms with van der Waals surface area (Å²) in [6, 6.07) is 7.61. The largest absolute Gasteiger partial charge is 0.383 e. The lowest BCUT2D eigenvalue weighted by Crippen LogP contribution is -2.38. The highest BCUT2D eigenvalue weighted by molar-refractivity contribution is 7.80. The lowest BCUT2D eigenvalue weighted by molar-refractivity contribution is 0.179. The summed E-state index contributed by atoms with van der Waals surface area (Å²) < 4.78 is 5.06. The van der Waals surface area contributed by atoms with E-state index in [1.807, 2.05) is 31.2 Å². The van der Waals surface area contributed by atoms with Crippen molar-refractivity contribution in [2.45, 2.75) is 13.0 Å². The number of nitrogens with one attached hydrogen (secondary N) is 2. The molecule has 0 spiro atoms. The molecule has 1 aromatic carbocycles. The predicted molar refractivity (Wildman–Crippen MR) is 87.4 cm³/mol. The number of fused-ring (bicyclic) bond motifs is 1. The smallest absolute Gasteiger partial charge is 0.171 e. The van der Waals surface area contributed by atoms with E-state index in [1.165, 1.54) is 0 Å². The van der Waals surface area contributed by atoms with Gasteiger partial charge in [-0.25, -0.2) is 0 Å². The third-order valence-corrected chi connectivity index (χ3v) is 3.31. The second-order valence-corrected chi connectivity index (χ2v) is 5.26. The Labute approximate surface area is 128 Å². The molecular weight excluding hydrogens is 294 g/mol. The van der Waals surface area contributed by atoms with Gasteiger partial charge in [0.25, 0.3) is 0 Å². The average Bonchev–Trinajstić information content (AvgIpc) is 2.42. The maximum atomic E-state index is 6.16. The van der Waals surface area contributed by atoms with E-state index in [4.69, 9.17) is 28.6 Å². The number of rotatable bonds is 4. The van der Waals surface area contributed by atoms with Gasteiger partial charge in [0.05, 0.1) is 22.8 Å². The zero-order chi connectivity index (χ0) is 14.5. The van der Waals surface area contributed by atoms with E-state index in [0.717, 1.165) is 16.6 Å². The monoisotopic (exact) mass is 309 g/mol. The average molecular weight is 310 g/mol. The molecule has 20 heavy (non-hydrogen) atoms. The number of hydrogen-bond donors (Lipinski definition) is 2. The Balaban J connectivity index is 2.18. The Morgan fingerprint density at radius 1 is 1.45 bits per heavy atom. The van der Waals surface area contributed by atoms with E-state index in [0.29, 0.717) is 16.7 Å². The molecule has 1 unspecified atom stereocenters. The topological polar surface area (TPSA) is 46.2 Å². The van der Waals surface area contributed by atoms with Crippen LogP contribution in [0.15, 0.2) is 30.5 Å².